The average Bonchev–Trinajstić information content (AvgIpc) is 2.89. The van der Waals surface area contributed by atoms with Gasteiger partial charge in [0.15, 0.2) is 5.69 Å². The fraction of sp³-hybridized carbons (Fsp3) is 0.0714. The Labute approximate surface area is 135 Å². The van der Waals surface area contributed by atoms with Gasteiger partial charge in [-0.3, -0.25) is 14.9 Å². The number of rotatable bonds is 4. The second kappa shape index (κ2) is 6.09. The summed E-state index contributed by atoms with van der Waals surface area (Å²) in [6.07, 6.45) is 1.11. The van der Waals surface area contributed by atoms with Crippen molar-refractivity contribution in [3.8, 4) is 11.8 Å². The zero-order valence-electron chi connectivity index (χ0n) is 12.3. The number of carbonyl (C=O) groups is 2. The summed E-state index contributed by atoms with van der Waals surface area (Å²) < 4.78 is 5.57. The highest BCUT2D eigenvalue weighted by Gasteiger charge is 2.29. The van der Waals surface area contributed by atoms with Gasteiger partial charge < -0.3 is 20.8 Å². The van der Waals surface area contributed by atoms with Crippen molar-refractivity contribution in [2.45, 2.75) is 0 Å². The first kappa shape index (κ1) is 16.5. The number of nitrogen functional groups attached to an aromatic ring is 1. The topological polar surface area (TPSA) is 167 Å². The van der Waals surface area contributed by atoms with Crippen LogP contribution in [0, 0.1) is 21.4 Å². The smallest absolute Gasteiger partial charge is 0.357 e. The third-order valence-corrected chi connectivity index (χ3v) is 3.26. The minimum Gasteiger partial charge on any atom is -0.464 e. The zero-order valence-corrected chi connectivity index (χ0v) is 12.3. The van der Waals surface area contributed by atoms with Gasteiger partial charge in [0.05, 0.1) is 28.8 Å². The molecule has 1 aromatic carbocycles. The predicted molar refractivity (Wildman–Crippen MR) is 81.4 cm³/mol. The molecule has 0 bridgehead atoms. The van der Waals surface area contributed by atoms with Crippen LogP contribution in [0.5, 0.6) is 0 Å². The van der Waals surface area contributed by atoms with Crippen molar-refractivity contribution in [1.82, 2.24) is 4.57 Å². The number of para-hydroxylation sites is 1. The number of anilines is 1. The van der Waals surface area contributed by atoms with Gasteiger partial charge in [-0.25, -0.2) is 4.79 Å². The SMILES string of the molecule is COC(=O)c1c(N)c(C#N)cn1-c1c(C(N)=O)cccc1[N+](=O)[O-]. The lowest BCUT2D eigenvalue weighted by molar-refractivity contribution is -0.384. The van der Waals surface area contributed by atoms with E-state index in [2.05, 4.69) is 4.74 Å². The van der Waals surface area contributed by atoms with Crippen molar-refractivity contribution >= 4 is 23.3 Å². The Morgan fingerprint density at radius 3 is 2.58 bits per heavy atom. The van der Waals surface area contributed by atoms with E-state index in [0.717, 1.165) is 23.9 Å². The Kier molecular flexibility index (Phi) is 4.19. The molecule has 10 nitrogen and oxygen atoms in total. The molecule has 1 aromatic heterocycles. The van der Waals surface area contributed by atoms with E-state index < -0.39 is 22.5 Å². The van der Waals surface area contributed by atoms with Crippen LogP contribution >= 0.6 is 0 Å². The molecule has 0 aliphatic carbocycles. The molecule has 1 amide bonds. The van der Waals surface area contributed by atoms with E-state index >= 15 is 0 Å². The van der Waals surface area contributed by atoms with Crippen LogP contribution in [0.3, 0.4) is 0 Å². The minimum absolute atomic E-state index is 0.107. The molecular formula is C14H11N5O5. The van der Waals surface area contributed by atoms with Crippen LogP contribution < -0.4 is 11.5 Å². The molecule has 0 aliphatic heterocycles. The molecule has 1 heterocycles. The number of amides is 1. The maximum absolute atomic E-state index is 12.0. The number of carbonyl (C=O) groups excluding carboxylic acids is 2. The summed E-state index contributed by atoms with van der Waals surface area (Å²) in [6.45, 7) is 0. The maximum atomic E-state index is 12.0. The Bertz CT molecular complexity index is 877. The van der Waals surface area contributed by atoms with Crippen LogP contribution in [-0.4, -0.2) is 28.5 Å². The van der Waals surface area contributed by atoms with Crippen molar-refractivity contribution in [1.29, 1.82) is 5.26 Å². The van der Waals surface area contributed by atoms with Gasteiger partial charge >= 0.3 is 5.97 Å². The van der Waals surface area contributed by atoms with Crippen LogP contribution in [0.1, 0.15) is 26.4 Å². The first-order valence-corrected chi connectivity index (χ1v) is 6.40. The van der Waals surface area contributed by atoms with Crippen LogP contribution in [-0.2, 0) is 4.74 Å². The number of methoxy groups -OCH3 is 1. The first-order chi connectivity index (χ1) is 11.3. The maximum Gasteiger partial charge on any atom is 0.357 e. The highest BCUT2D eigenvalue weighted by molar-refractivity contribution is 6.01. The standard InChI is InChI=1S/C14H11N5O5/c1-24-14(21)12-10(16)7(5-15)6-18(12)11-8(13(17)20)3-2-4-9(11)19(22)23/h2-4,6H,16H2,1H3,(H2,17,20). The molecule has 0 unspecified atom stereocenters. The van der Waals surface area contributed by atoms with Crippen molar-refractivity contribution in [3.63, 3.8) is 0 Å². The van der Waals surface area contributed by atoms with Gasteiger partial charge in [0.1, 0.15) is 11.8 Å². The Balaban J connectivity index is 2.97. The molecule has 0 spiro atoms. The van der Waals surface area contributed by atoms with Crippen LogP contribution in [0.25, 0.3) is 5.69 Å². The Morgan fingerprint density at radius 2 is 2.08 bits per heavy atom. The third-order valence-electron chi connectivity index (χ3n) is 3.26. The van der Waals surface area contributed by atoms with Gasteiger partial charge in [0.2, 0.25) is 0 Å². The summed E-state index contributed by atoms with van der Waals surface area (Å²) >= 11 is 0. The number of esters is 1. The summed E-state index contributed by atoms with van der Waals surface area (Å²) in [5.74, 6) is -1.88. The van der Waals surface area contributed by atoms with Gasteiger partial charge in [-0.15, -0.1) is 0 Å². The molecule has 0 aliphatic rings. The molecule has 0 radical (unpaired) electrons. The van der Waals surface area contributed by atoms with Crippen LogP contribution in [0.15, 0.2) is 24.4 Å². The molecule has 24 heavy (non-hydrogen) atoms. The first-order valence-electron chi connectivity index (χ1n) is 6.40. The lowest BCUT2D eigenvalue weighted by Gasteiger charge is -2.12. The molecule has 0 fully saturated rings. The van der Waals surface area contributed by atoms with Crippen LogP contribution in [0.2, 0.25) is 0 Å². The van der Waals surface area contributed by atoms with Gasteiger partial charge in [0.25, 0.3) is 11.6 Å². The normalized spacial score (nSPS) is 10.0. The molecule has 10 heteroatoms. The molecule has 122 valence electrons. The quantitative estimate of drug-likeness (QED) is 0.473. The number of ether oxygens (including phenoxy) is 1. The number of primary amides is 1. The van der Waals surface area contributed by atoms with E-state index in [4.69, 9.17) is 16.7 Å². The molecule has 0 saturated heterocycles. The number of aromatic nitrogens is 1. The molecule has 2 aromatic rings. The number of benzene rings is 1. The second-order valence-corrected chi connectivity index (χ2v) is 4.57. The predicted octanol–water partition coefficient (Wildman–Crippen LogP) is 0.725. The number of nitrogens with two attached hydrogens (primary N) is 2. The Morgan fingerprint density at radius 1 is 1.42 bits per heavy atom. The number of nitro benzene ring substituents is 1. The molecule has 0 atom stereocenters. The van der Waals surface area contributed by atoms with E-state index in [1.807, 2.05) is 0 Å². The van der Waals surface area contributed by atoms with Crippen LogP contribution in [0.4, 0.5) is 11.4 Å². The summed E-state index contributed by atoms with van der Waals surface area (Å²) in [6, 6.07) is 5.43. The number of hydrogen-bond acceptors (Lipinski definition) is 7. The summed E-state index contributed by atoms with van der Waals surface area (Å²) in [5, 5.41) is 20.4. The highest BCUT2D eigenvalue weighted by atomic mass is 16.6. The van der Waals surface area contributed by atoms with Crippen molar-refractivity contribution in [2.75, 3.05) is 12.8 Å². The van der Waals surface area contributed by atoms with E-state index in [1.165, 1.54) is 12.1 Å². The third kappa shape index (κ3) is 2.50. The number of nitro groups is 1. The average molecular weight is 329 g/mol. The van der Waals surface area contributed by atoms with Gasteiger partial charge in [-0.1, -0.05) is 6.07 Å². The Hall–Kier alpha value is -3.87. The van der Waals surface area contributed by atoms with Crippen molar-refractivity contribution in [3.05, 3.63) is 51.3 Å². The number of nitrogens with zero attached hydrogens (tertiary/aromatic N) is 3. The van der Waals surface area contributed by atoms with Crippen molar-refractivity contribution in [2.24, 2.45) is 5.73 Å². The molecule has 0 saturated carbocycles. The lowest BCUT2D eigenvalue weighted by Crippen LogP contribution is -2.18. The van der Waals surface area contributed by atoms with Gasteiger partial charge in [0, 0.05) is 12.3 Å². The number of hydrogen-bond donors (Lipinski definition) is 2. The second-order valence-electron chi connectivity index (χ2n) is 4.57. The molecular weight excluding hydrogens is 318 g/mol. The summed E-state index contributed by atoms with van der Waals surface area (Å²) in [7, 11) is 1.08. The van der Waals surface area contributed by atoms with Gasteiger partial charge in [-0.05, 0) is 6.07 Å². The van der Waals surface area contributed by atoms with E-state index in [9.17, 15) is 19.7 Å². The monoisotopic (exact) mass is 329 g/mol. The molecule has 4 N–H and O–H groups in total. The van der Waals surface area contributed by atoms with Gasteiger partial charge in [-0.2, -0.15) is 5.26 Å². The van der Waals surface area contributed by atoms with E-state index in [-0.39, 0.29) is 28.2 Å². The largest absolute Gasteiger partial charge is 0.464 e. The highest BCUT2D eigenvalue weighted by Crippen LogP contribution is 2.32. The van der Waals surface area contributed by atoms with Crippen molar-refractivity contribution < 1.29 is 19.2 Å². The summed E-state index contributed by atoms with van der Waals surface area (Å²) in [5.41, 5.74) is 9.40. The summed E-state index contributed by atoms with van der Waals surface area (Å²) in [4.78, 5) is 34.2. The molecule has 2 rings (SSSR count). The minimum atomic E-state index is -0.949. The fourth-order valence-corrected chi connectivity index (χ4v) is 2.22. The fourth-order valence-electron chi connectivity index (χ4n) is 2.22. The van der Waals surface area contributed by atoms with E-state index in [1.54, 1.807) is 6.07 Å². The van der Waals surface area contributed by atoms with E-state index in [0.29, 0.717) is 0 Å². The zero-order chi connectivity index (χ0) is 18.0. The number of nitriles is 1. The lowest BCUT2D eigenvalue weighted by atomic mass is 10.1.